The van der Waals surface area contributed by atoms with Crippen molar-refractivity contribution in [1.82, 2.24) is 14.5 Å². The van der Waals surface area contributed by atoms with Crippen molar-refractivity contribution < 1.29 is 0 Å². The lowest BCUT2D eigenvalue weighted by molar-refractivity contribution is 0.404. The van der Waals surface area contributed by atoms with E-state index >= 15 is 0 Å². The molecule has 96 valence electrons. The van der Waals surface area contributed by atoms with E-state index in [1.165, 1.54) is 19.3 Å². The fourth-order valence-electron chi connectivity index (χ4n) is 3.10. The van der Waals surface area contributed by atoms with Crippen molar-refractivity contribution in [3.05, 3.63) is 24.2 Å². The minimum absolute atomic E-state index is 0.545. The number of fused-ring (bicyclic) bond motifs is 1. The number of rotatable bonds is 3. The molecule has 2 atom stereocenters. The SMILES string of the molecule is CC1CCCC1n1c(CCCl)nc2cccnc21. The van der Waals surface area contributed by atoms with Crippen molar-refractivity contribution in [2.45, 2.75) is 38.6 Å². The molecule has 1 fully saturated rings. The van der Waals surface area contributed by atoms with Gasteiger partial charge in [0.05, 0.1) is 0 Å². The number of alkyl halides is 1. The van der Waals surface area contributed by atoms with E-state index in [0.717, 1.165) is 23.4 Å². The molecule has 2 unspecified atom stereocenters. The second-order valence-corrected chi connectivity index (χ2v) is 5.54. The van der Waals surface area contributed by atoms with Crippen LogP contribution in [0.15, 0.2) is 18.3 Å². The Hall–Kier alpha value is -1.09. The van der Waals surface area contributed by atoms with Gasteiger partial charge < -0.3 is 4.57 Å². The summed E-state index contributed by atoms with van der Waals surface area (Å²) in [7, 11) is 0. The minimum Gasteiger partial charge on any atom is -0.309 e. The first kappa shape index (κ1) is 12.0. The van der Waals surface area contributed by atoms with Crippen LogP contribution in [-0.4, -0.2) is 20.4 Å². The van der Waals surface area contributed by atoms with Gasteiger partial charge in [-0.25, -0.2) is 9.97 Å². The third-order valence-corrected chi connectivity index (χ3v) is 4.18. The van der Waals surface area contributed by atoms with Crippen molar-refractivity contribution in [3.8, 4) is 0 Å². The number of aromatic nitrogens is 3. The van der Waals surface area contributed by atoms with Crippen LogP contribution in [0.25, 0.3) is 11.2 Å². The largest absolute Gasteiger partial charge is 0.309 e. The van der Waals surface area contributed by atoms with Gasteiger partial charge in [0, 0.05) is 24.5 Å². The van der Waals surface area contributed by atoms with Crippen LogP contribution < -0.4 is 0 Å². The van der Waals surface area contributed by atoms with Crippen LogP contribution in [0.4, 0.5) is 0 Å². The van der Waals surface area contributed by atoms with E-state index in [-0.39, 0.29) is 0 Å². The smallest absolute Gasteiger partial charge is 0.160 e. The molecule has 2 heterocycles. The number of nitrogens with zero attached hydrogens (tertiary/aromatic N) is 3. The summed E-state index contributed by atoms with van der Waals surface area (Å²) in [5.41, 5.74) is 2.02. The van der Waals surface area contributed by atoms with Crippen LogP contribution in [0.5, 0.6) is 0 Å². The molecule has 0 N–H and O–H groups in total. The summed E-state index contributed by atoms with van der Waals surface area (Å²) in [6, 6.07) is 4.53. The van der Waals surface area contributed by atoms with Gasteiger partial charge in [-0.2, -0.15) is 0 Å². The van der Waals surface area contributed by atoms with Gasteiger partial charge >= 0.3 is 0 Å². The van der Waals surface area contributed by atoms with Crippen molar-refractivity contribution in [2.24, 2.45) is 5.92 Å². The summed E-state index contributed by atoms with van der Waals surface area (Å²) in [4.78, 5) is 9.22. The van der Waals surface area contributed by atoms with E-state index in [0.29, 0.717) is 17.8 Å². The summed E-state index contributed by atoms with van der Waals surface area (Å²) in [5, 5.41) is 0. The zero-order valence-electron chi connectivity index (χ0n) is 10.6. The van der Waals surface area contributed by atoms with Gasteiger partial charge in [0.1, 0.15) is 11.3 Å². The Morgan fingerprint density at radius 3 is 3.06 bits per heavy atom. The van der Waals surface area contributed by atoms with Gasteiger partial charge in [0.2, 0.25) is 0 Å². The Bertz CT molecular complexity index is 549. The summed E-state index contributed by atoms with van der Waals surface area (Å²) in [6.07, 6.45) is 6.51. The lowest BCUT2D eigenvalue weighted by Crippen LogP contribution is -2.15. The molecule has 3 rings (SSSR count). The molecule has 1 saturated carbocycles. The molecule has 0 amide bonds. The summed E-state index contributed by atoms with van der Waals surface area (Å²) in [6.45, 7) is 2.33. The van der Waals surface area contributed by atoms with Crippen LogP contribution in [0.2, 0.25) is 0 Å². The number of imidazole rings is 1. The van der Waals surface area contributed by atoms with Crippen LogP contribution in [0.3, 0.4) is 0 Å². The third kappa shape index (κ3) is 1.91. The second kappa shape index (κ2) is 4.88. The monoisotopic (exact) mass is 263 g/mol. The predicted molar refractivity (Wildman–Crippen MR) is 74.0 cm³/mol. The number of hydrogen-bond acceptors (Lipinski definition) is 2. The Morgan fingerprint density at radius 1 is 1.44 bits per heavy atom. The Kier molecular flexibility index (Phi) is 3.25. The standard InChI is InChI=1S/C14H18ClN3/c1-10-4-2-6-12(10)18-13(7-8-15)17-11-5-3-9-16-14(11)18/h3,5,9-10,12H,2,4,6-8H2,1H3. The van der Waals surface area contributed by atoms with Crippen molar-refractivity contribution in [2.75, 3.05) is 5.88 Å². The average Bonchev–Trinajstić information content (AvgIpc) is 2.93. The molecule has 0 saturated heterocycles. The number of halogens is 1. The molecule has 2 aromatic heterocycles. The maximum Gasteiger partial charge on any atom is 0.160 e. The minimum atomic E-state index is 0.545. The first-order valence-corrected chi connectivity index (χ1v) is 7.22. The molecule has 0 spiro atoms. The highest BCUT2D eigenvalue weighted by molar-refractivity contribution is 6.17. The molecule has 2 aromatic rings. The van der Waals surface area contributed by atoms with E-state index in [9.17, 15) is 0 Å². The molecule has 0 aromatic carbocycles. The Labute approximate surface area is 112 Å². The first-order valence-electron chi connectivity index (χ1n) is 6.69. The second-order valence-electron chi connectivity index (χ2n) is 5.16. The van der Waals surface area contributed by atoms with Crippen LogP contribution >= 0.6 is 11.6 Å². The van der Waals surface area contributed by atoms with E-state index in [4.69, 9.17) is 16.6 Å². The van der Waals surface area contributed by atoms with Crippen LogP contribution in [0.1, 0.15) is 38.1 Å². The van der Waals surface area contributed by atoms with Crippen LogP contribution in [0, 0.1) is 5.92 Å². The highest BCUT2D eigenvalue weighted by atomic mass is 35.5. The number of aryl methyl sites for hydroxylation is 1. The highest BCUT2D eigenvalue weighted by Gasteiger charge is 2.28. The Balaban J connectivity index is 2.14. The van der Waals surface area contributed by atoms with E-state index in [2.05, 4.69) is 16.5 Å². The van der Waals surface area contributed by atoms with Crippen molar-refractivity contribution in [1.29, 1.82) is 0 Å². The van der Waals surface area contributed by atoms with Gasteiger partial charge in [0.25, 0.3) is 0 Å². The first-order chi connectivity index (χ1) is 8.81. The normalized spacial score (nSPS) is 23.9. The zero-order chi connectivity index (χ0) is 12.5. The van der Waals surface area contributed by atoms with Crippen LogP contribution in [-0.2, 0) is 6.42 Å². The molecule has 1 aliphatic carbocycles. The highest BCUT2D eigenvalue weighted by Crippen LogP contribution is 2.37. The van der Waals surface area contributed by atoms with E-state index in [1.54, 1.807) is 0 Å². The number of hydrogen-bond donors (Lipinski definition) is 0. The molecule has 18 heavy (non-hydrogen) atoms. The summed E-state index contributed by atoms with van der Waals surface area (Å²) >= 11 is 5.90. The molecular formula is C14H18ClN3. The van der Waals surface area contributed by atoms with Crippen molar-refractivity contribution in [3.63, 3.8) is 0 Å². The van der Waals surface area contributed by atoms with E-state index < -0.39 is 0 Å². The fourth-order valence-corrected chi connectivity index (χ4v) is 3.26. The summed E-state index contributed by atoms with van der Waals surface area (Å²) in [5.74, 6) is 2.42. The van der Waals surface area contributed by atoms with E-state index in [1.807, 2.05) is 18.3 Å². The lowest BCUT2D eigenvalue weighted by Gasteiger charge is -2.20. The van der Waals surface area contributed by atoms with Gasteiger partial charge in [-0.3, -0.25) is 0 Å². The maximum atomic E-state index is 5.90. The third-order valence-electron chi connectivity index (χ3n) is 3.99. The molecule has 1 aliphatic rings. The molecule has 3 nitrogen and oxygen atoms in total. The molecule has 0 bridgehead atoms. The fraction of sp³-hybridized carbons (Fsp3) is 0.571. The number of pyridine rings is 1. The Morgan fingerprint density at radius 2 is 2.33 bits per heavy atom. The topological polar surface area (TPSA) is 30.7 Å². The molecule has 4 heteroatoms. The quantitative estimate of drug-likeness (QED) is 0.793. The molecule has 0 aliphatic heterocycles. The lowest BCUT2D eigenvalue weighted by atomic mass is 10.1. The van der Waals surface area contributed by atoms with Gasteiger partial charge in [-0.1, -0.05) is 13.3 Å². The summed E-state index contributed by atoms with van der Waals surface area (Å²) < 4.78 is 2.34. The maximum absolute atomic E-state index is 5.90. The molecular weight excluding hydrogens is 246 g/mol. The van der Waals surface area contributed by atoms with Gasteiger partial charge in [-0.05, 0) is 30.9 Å². The van der Waals surface area contributed by atoms with Gasteiger partial charge in [0.15, 0.2) is 5.65 Å². The molecule has 0 radical (unpaired) electrons. The predicted octanol–water partition coefficient (Wildman–Crippen LogP) is 3.57. The zero-order valence-corrected chi connectivity index (χ0v) is 11.4. The van der Waals surface area contributed by atoms with Crippen molar-refractivity contribution >= 4 is 22.8 Å². The average molecular weight is 264 g/mol. The van der Waals surface area contributed by atoms with Gasteiger partial charge in [-0.15, -0.1) is 11.6 Å².